The number of rotatable bonds is 11. The number of hydrogen-bond donors (Lipinski definition) is 0. The van der Waals surface area contributed by atoms with E-state index in [0.717, 1.165) is 86.8 Å². The van der Waals surface area contributed by atoms with Crippen molar-refractivity contribution in [2.75, 3.05) is 45.9 Å². The van der Waals surface area contributed by atoms with Crippen LogP contribution in [0.15, 0.2) is 60.7 Å². The predicted molar refractivity (Wildman–Crippen MR) is 161 cm³/mol. The molecular weight excluding hydrogens is 531 g/mol. The smallest absolute Gasteiger partial charge is 0.141 e. The third-order valence-electron chi connectivity index (χ3n) is 7.21. The van der Waals surface area contributed by atoms with Gasteiger partial charge in [0.15, 0.2) is 0 Å². The highest BCUT2D eigenvalue weighted by Crippen LogP contribution is 2.33. The lowest BCUT2D eigenvalue weighted by Crippen LogP contribution is -2.47. The number of aromatic nitrogens is 2. The molecule has 8 heteroatoms. The van der Waals surface area contributed by atoms with Crippen molar-refractivity contribution in [2.45, 2.75) is 33.2 Å². The molecule has 0 atom stereocenters. The highest BCUT2D eigenvalue weighted by molar-refractivity contribution is 6.34. The lowest BCUT2D eigenvalue weighted by molar-refractivity contribution is 0.121. The van der Waals surface area contributed by atoms with Gasteiger partial charge in [-0.05, 0) is 55.4 Å². The molecule has 5 rings (SSSR count). The Bertz CT molecular complexity index is 1380. The number of fused-ring (bicyclic) bond motifs is 1. The van der Waals surface area contributed by atoms with E-state index in [9.17, 15) is 0 Å². The van der Waals surface area contributed by atoms with Crippen LogP contribution < -0.4 is 9.47 Å². The standard InChI is InChI=1S/C31H36Cl2N4O2/c1-3-5-11-37-30-22-26(38-17-16-36-14-12-35(4-2)13-15-36)9-10-29(30)34-31(37)23-7-6-8-27(18-23)39-28-20-24(32)19-25(33)21-28/h6-10,18-22H,3-5,11-17H2,1-2H3. The van der Waals surface area contributed by atoms with Crippen molar-refractivity contribution in [1.82, 2.24) is 19.4 Å². The third-order valence-corrected chi connectivity index (χ3v) is 7.64. The van der Waals surface area contributed by atoms with Gasteiger partial charge in [0.25, 0.3) is 0 Å². The number of piperazine rings is 1. The van der Waals surface area contributed by atoms with E-state index in [4.69, 9.17) is 37.7 Å². The van der Waals surface area contributed by atoms with Crippen LogP contribution >= 0.6 is 23.2 Å². The number of unbranched alkanes of at least 4 members (excludes halogenated alkanes) is 1. The average Bonchev–Trinajstić information content (AvgIpc) is 3.29. The van der Waals surface area contributed by atoms with Gasteiger partial charge in [-0.25, -0.2) is 4.98 Å². The normalized spacial score (nSPS) is 14.7. The molecule has 0 spiro atoms. The van der Waals surface area contributed by atoms with Crippen LogP contribution in [-0.2, 0) is 6.54 Å². The largest absolute Gasteiger partial charge is 0.492 e. The minimum Gasteiger partial charge on any atom is -0.492 e. The lowest BCUT2D eigenvalue weighted by Gasteiger charge is -2.33. The van der Waals surface area contributed by atoms with Crippen molar-refractivity contribution in [3.05, 3.63) is 70.7 Å². The minimum absolute atomic E-state index is 0.534. The number of halogens is 2. The quantitative estimate of drug-likeness (QED) is 0.187. The molecule has 6 nitrogen and oxygen atoms in total. The SMILES string of the molecule is CCCCn1c(-c2cccc(Oc3cc(Cl)cc(Cl)c3)c2)nc2ccc(OCCN3CCN(CC)CC3)cc21. The van der Waals surface area contributed by atoms with Crippen LogP contribution in [-0.4, -0.2) is 65.2 Å². The zero-order valence-corrected chi connectivity index (χ0v) is 24.2. The van der Waals surface area contributed by atoms with Crippen molar-refractivity contribution in [2.24, 2.45) is 0 Å². The number of benzene rings is 3. The maximum Gasteiger partial charge on any atom is 0.141 e. The first-order valence-corrected chi connectivity index (χ1v) is 14.6. The molecule has 3 aromatic carbocycles. The number of ether oxygens (including phenoxy) is 2. The van der Waals surface area contributed by atoms with E-state index in [1.165, 1.54) is 0 Å². The highest BCUT2D eigenvalue weighted by Gasteiger charge is 2.17. The van der Waals surface area contributed by atoms with E-state index in [-0.39, 0.29) is 0 Å². The summed E-state index contributed by atoms with van der Waals surface area (Å²) in [7, 11) is 0. The molecule has 4 aromatic rings. The third kappa shape index (κ3) is 7.06. The molecule has 1 saturated heterocycles. The lowest BCUT2D eigenvalue weighted by atomic mass is 10.2. The fourth-order valence-corrected chi connectivity index (χ4v) is 5.51. The van der Waals surface area contributed by atoms with Gasteiger partial charge in [-0.3, -0.25) is 4.90 Å². The second-order valence-electron chi connectivity index (χ2n) is 9.95. The summed E-state index contributed by atoms with van der Waals surface area (Å²) in [6.07, 6.45) is 2.16. The monoisotopic (exact) mass is 566 g/mol. The number of aryl methyl sites for hydroxylation is 1. The summed E-state index contributed by atoms with van der Waals surface area (Å²) in [5, 5.41) is 1.07. The fraction of sp³-hybridized carbons (Fsp3) is 0.387. The molecule has 206 valence electrons. The van der Waals surface area contributed by atoms with Crippen LogP contribution in [0.5, 0.6) is 17.2 Å². The molecule has 39 heavy (non-hydrogen) atoms. The first-order valence-electron chi connectivity index (χ1n) is 13.8. The Balaban J connectivity index is 1.35. The number of hydrogen-bond acceptors (Lipinski definition) is 5. The molecule has 2 heterocycles. The number of nitrogens with zero attached hydrogens (tertiary/aromatic N) is 4. The average molecular weight is 568 g/mol. The van der Waals surface area contributed by atoms with Gasteiger partial charge >= 0.3 is 0 Å². The molecule has 1 aliphatic heterocycles. The van der Waals surface area contributed by atoms with Gasteiger partial charge in [0.1, 0.15) is 29.7 Å². The molecule has 0 amide bonds. The van der Waals surface area contributed by atoms with Gasteiger partial charge in [-0.1, -0.05) is 55.6 Å². The first kappa shape index (κ1) is 27.8. The van der Waals surface area contributed by atoms with Crippen molar-refractivity contribution in [3.63, 3.8) is 0 Å². The first-order chi connectivity index (χ1) is 19.0. The van der Waals surface area contributed by atoms with Crippen LogP contribution in [0.4, 0.5) is 0 Å². The maximum atomic E-state index is 6.21. The van der Waals surface area contributed by atoms with Crippen LogP contribution in [0.1, 0.15) is 26.7 Å². The summed E-state index contributed by atoms with van der Waals surface area (Å²) in [6, 6.07) is 19.4. The van der Waals surface area contributed by atoms with E-state index in [1.54, 1.807) is 18.2 Å². The fourth-order valence-electron chi connectivity index (χ4n) is 5.00. The molecule has 1 aliphatic rings. The van der Waals surface area contributed by atoms with Crippen LogP contribution in [0.3, 0.4) is 0 Å². The highest BCUT2D eigenvalue weighted by atomic mass is 35.5. The van der Waals surface area contributed by atoms with E-state index < -0.39 is 0 Å². The maximum absolute atomic E-state index is 6.21. The van der Waals surface area contributed by atoms with E-state index in [1.807, 2.05) is 24.3 Å². The number of imidazole rings is 1. The summed E-state index contributed by atoms with van der Waals surface area (Å²) in [5.41, 5.74) is 3.03. The second-order valence-corrected chi connectivity index (χ2v) is 10.8. The summed E-state index contributed by atoms with van der Waals surface area (Å²) >= 11 is 12.3. The topological polar surface area (TPSA) is 42.8 Å². The summed E-state index contributed by atoms with van der Waals surface area (Å²) in [4.78, 5) is 10.0. The molecule has 0 N–H and O–H groups in total. The van der Waals surface area contributed by atoms with E-state index in [0.29, 0.717) is 28.2 Å². The van der Waals surface area contributed by atoms with Gasteiger partial charge in [0.05, 0.1) is 11.0 Å². The van der Waals surface area contributed by atoms with Gasteiger partial charge in [0.2, 0.25) is 0 Å². The molecule has 0 unspecified atom stereocenters. The van der Waals surface area contributed by atoms with Crippen LogP contribution in [0.2, 0.25) is 10.0 Å². The van der Waals surface area contributed by atoms with Gasteiger partial charge in [0, 0.05) is 60.9 Å². The molecule has 1 fully saturated rings. The molecule has 0 aliphatic carbocycles. The Kier molecular flexibility index (Phi) is 9.30. The summed E-state index contributed by atoms with van der Waals surface area (Å²) in [6.45, 7) is 12.6. The minimum atomic E-state index is 0.534. The molecule has 0 bridgehead atoms. The van der Waals surface area contributed by atoms with Gasteiger partial charge in [-0.2, -0.15) is 0 Å². The van der Waals surface area contributed by atoms with Crippen LogP contribution in [0.25, 0.3) is 22.4 Å². The predicted octanol–water partition coefficient (Wildman–Crippen LogP) is 7.62. The zero-order valence-electron chi connectivity index (χ0n) is 22.7. The van der Waals surface area contributed by atoms with Gasteiger partial charge in [-0.15, -0.1) is 0 Å². The summed E-state index contributed by atoms with van der Waals surface area (Å²) in [5.74, 6) is 3.09. The van der Waals surface area contributed by atoms with Crippen molar-refractivity contribution < 1.29 is 9.47 Å². The molecule has 1 aromatic heterocycles. The van der Waals surface area contributed by atoms with E-state index >= 15 is 0 Å². The Morgan fingerprint density at radius 3 is 2.31 bits per heavy atom. The number of likely N-dealkylation sites (N-methyl/N-ethyl adjacent to an activating group) is 1. The van der Waals surface area contributed by atoms with E-state index in [2.05, 4.69) is 46.4 Å². The van der Waals surface area contributed by atoms with Crippen molar-refractivity contribution in [1.29, 1.82) is 0 Å². The zero-order chi connectivity index (χ0) is 27.2. The Hall–Kier alpha value is -2.77. The Morgan fingerprint density at radius 2 is 1.56 bits per heavy atom. The Morgan fingerprint density at radius 1 is 0.795 bits per heavy atom. The summed E-state index contributed by atoms with van der Waals surface area (Å²) < 4.78 is 14.6. The Labute approximate surface area is 241 Å². The van der Waals surface area contributed by atoms with Crippen LogP contribution in [0, 0.1) is 0 Å². The molecule has 0 radical (unpaired) electrons. The van der Waals surface area contributed by atoms with Crippen molar-refractivity contribution in [3.8, 4) is 28.6 Å². The molecular formula is C31H36Cl2N4O2. The van der Waals surface area contributed by atoms with Crippen molar-refractivity contribution >= 4 is 34.2 Å². The molecule has 0 saturated carbocycles. The van der Waals surface area contributed by atoms with Gasteiger partial charge < -0.3 is 18.9 Å². The second kappa shape index (κ2) is 13.1.